The maximum Gasteiger partial charge on any atom is 0.142 e. The number of H-pyrrole nitrogens is 1. The fourth-order valence-electron chi connectivity index (χ4n) is 2.18. The van der Waals surface area contributed by atoms with Crippen molar-refractivity contribution in [3.8, 4) is 6.07 Å². The standard InChI is InChI=1S/C14H11N5/c15-8-12-11(7-9-5-6-17-19-9)10-3-1-2-4-13(10)18-14(12)16/h1-6H,7H2,(H2,16,18)(H,17,19). The van der Waals surface area contributed by atoms with Crippen molar-refractivity contribution in [3.63, 3.8) is 0 Å². The predicted molar refractivity (Wildman–Crippen MR) is 72.3 cm³/mol. The molecule has 0 aliphatic heterocycles. The Morgan fingerprint density at radius 2 is 2.11 bits per heavy atom. The summed E-state index contributed by atoms with van der Waals surface area (Å²) in [5.41, 5.74) is 8.83. The molecule has 0 saturated heterocycles. The van der Waals surface area contributed by atoms with Crippen LogP contribution < -0.4 is 5.73 Å². The Hall–Kier alpha value is -2.87. The van der Waals surface area contributed by atoms with E-state index in [9.17, 15) is 5.26 Å². The molecule has 3 N–H and O–H groups in total. The van der Waals surface area contributed by atoms with Crippen molar-refractivity contribution in [2.45, 2.75) is 6.42 Å². The molecule has 19 heavy (non-hydrogen) atoms. The zero-order chi connectivity index (χ0) is 13.2. The number of benzene rings is 1. The number of nitriles is 1. The van der Waals surface area contributed by atoms with Crippen LogP contribution in [0, 0.1) is 11.3 Å². The number of nitrogens with one attached hydrogen (secondary N) is 1. The van der Waals surface area contributed by atoms with Gasteiger partial charge < -0.3 is 5.73 Å². The van der Waals surface area contributed by atoms with Crippen molar-refractivity contribution >= 4 is 16.7 Å². The van der Waals surface area contributed by atoms with E-state index in [4.69, 9.17) is 5.73 Å². The monoisotopic (exact) mass is 249 g/mol. The van der Waals surface area contributed by atoms with Gasteiger partial charge >= 0.3 is 0 Å². The molecular formula is C14H11N5. The lowest BCUT2D eigenvalue weighted by atomic mass is 9.99. The first-order valence-electron chi connectivity index (χ1n) is 5.85. The number of pyridine rings is 1. The number of nitrogens with zero attached hydrogens (tertiary/aromatic N) is 3. The summed E-state index contributed by atoms with van der Waals surface area (Å²) in [6, 6.07) is 11.7. The maximum absolute atomic E-state index is 9.29. The van der Waals surface area contributed by atoms with Crippen molar-refractivity contribution in [3.05, 3.63) is 53.3 Å². The first-order valence-corrected chi connectivity index (χ1v) is 5.85. The molecule has 5 heteroatoms. The second kappa shape index (κ2) is 4.42. The molecule has 92 valence electrons. The van der Waals surface area contributed by atoms with Crippen LogP contribution in [0.1, 0.15) is 16.8 Å². The summed E-state index contributed by atoms with van der Waals surface area (Å²) in [6.45, 7) is 0. The first kappa shape index (κ1) is 11.2. The van der Waals surface area contributed by atoms with Crippen LogP contribution in [0.2, 0.25) is 0 Å². The minimum atomic E-state index is 0.270. The smallest absolute Gasteiger partial charge is 0.142 e. The Labute approximate surface area is 109 Å². The topological polar surface area (TPSA) is 91.4 Å². The number of rotatable bonds is 2. The normalized spacial score (nSPS) is 10.5. The molecule has 0 spiro atoms. The summed E-state index contributed by atoms with van der Waals surface area (Å²) in [7, 11) is 0. The van der Waals surface area contributed by atoms with Crippen molar-refractivity contribution in [1.29, 1.82) is 5.26 Å². The lowest BCUT2D eigenvalue weighted by Gasteiger charge is -2.09. The predicted octanol–water partition coefficient (Wildman–Crippen LogP) is 2.00. The van der Waals surface area contributed by atoms with E-state index in [1.807, 2.05) is 30.3 Å². The van der Waals surface area contributed by atoms with Gasteiger partial charge in [-0.3, -0.25) is 5.10 Å². The molecule has 0 amide bonds. The number of para-hydroxylation sites is 1. The lowest BCUT2D eigenvalue weighted by Crippen LogP contribution is -2.02. The number of aromatic amines is 1. The molecule has 0 unspecified atom stereocenters. The van der Waals surface area contributed by atoms with Gasteiger partial charge in [-0.05, 0) is 17.7 Å². The summed E-state index contributed by atoms with van der Waals surface area (Å²) in [5.74, 6) is 0.270. The van der Waals surface area contributed by atoms with Crippen LogP contribution >= 0.6 is 0 Å². The van der Waals surface area contributed by atoms with Crippen molar-refractivity contribution in [2.24, 2.45) is 0 Å². The summed E-state index contributed by atoms with van der Waals surface area (Å²) in [6.07, 6.45) is 2.31. The number of anilines is 1. The first-order chi connectivity index (χ1) is 9.29. The van der Waals surface area contributed by atoms with Gasteiger partial charge in [0.15, 0.2) is 0 Å². The molecule has 0 atom stereocenters. The third-order valence-corrected chi connectivity index (χ3v) is 3.06. The van der Waals surface area contributed by atoms with Gasteiger partial charge in [0.25, 0.3) is 0 Å². The molecule has 3 rings (SSSR count). The van der Waals surface area contributed by atoms with E-state index < -0.39 is 0 Å². The Morgan fingerprint density at radius 3 is 2.84 bits per heavy atom. The highest BCUT2D eigenvalue weighted by molar-refractivity contribution is 5.87. The SMILES string of the molecule is N#Cc1c(N)nc2ccccc2c1Cc1cc[nH]n1. The average molecular weight is 249 g/mol. The van der Waals surface area contributed by atoms with Gasteiger partial charge in [-0.2, -0.15) is 10.4 Å². The zero-order valence-corrected chi connectivity index (χ0v) is 10.1. The fraction of sp³-hybridized carbons (Fsp3) is 0.0714. The average Bonchev–Trinajstić information content (AvgIpc) is 2.92. The van der Waals surface area contributed by atoms with Gasteiger partial charge in [0.05, 0.1) is 16.8 Å². The third-order valence-electron chi connectivity index (χ3n) is 3.06. The Morgan fingerprint density at radius 1 is 1.26 bits per heavy atom. The Balaban J connectivity index is 2.27. The molecule has 0 aliphatic carbocycles. The minimum absolute atomic E-state index is 0.270. The molecule has 1 aromatic carbocycles. The van der Waals surface area contributed by atoms with Crippen molar-refractivity contribution in [1.82, 2.24) is 15.2 Å². The largest absolute Gasteiger partial charge is 0.383 e. The van der Waals surface area contributed by atoms with E-state index in [0.29, 0.717) is 12.0 Å². The zero-order valence-electron chi connectivity index (χ0n) is 10.1. The number of nitrogens with two attached hydrogens (primary N) is 1. The van der Waals surface area contributed by atoms with Crippen LogP contribution in [0.25, 0.3) is 10.9 Å². The second-order valence-electron chi connectivity index (χ2n) is 4.22. The molecule has 0 radical (unpaired) electrons. The van der Waals surface area contributed by atoms with Gasteiger partial charge in [0.2, 0.25) is 0 Å². The Kier molecular flexibility index (Phi) is 2.62. The van der Waals surface area contributed by atoms with Gasteiger partial charge in [0, 0.05) is 18.0 Å². The van der Waals surface area contributed by atoms with E-state index in [2.05, 4.69) is 21.3 Å². The van der Waals surface area contributed by atoms with Crippen LogP contribution in [0.3, 0.4) is 0 Å². The number of fused-ring (bicyclic) bond motifs is 1. The second-order valence-corrected chi connectivity index (χ2v) is 4.22. The molecule has 2 heterocycles. The molecule has 2 aromatic heterocycles. The quantitative estimate of drug-likeness (QED) is 0.726. The summed E-state index contributed by atoms with van der Waals surface area (Å²) >= 11 is 0. The van der Waals surface area contributed by atoms with Gasteiger partial charge in [-0.25, -0.2) is 4.98 Å². The molecule has 0 bridgehead atoms. The molecule has 0 fully saturated rings. The number of nitrogen functional groups attached to an aromatic ring is 1. The van der Waals surface area contributed by atoms with Crippen LogP contribution in [0.5, 0.6) is 0 Å². The van der Waals surface area contributed by atoms with Gasteiger partial charge in [-0.15, -0.1) is 0 Å². The number of aromatic nitrogens is 3. The third kappa shape index (κ3) is 1.89. The van der Waals surface area contributed by atoms with Gasteiger partial charge in [-0.1, -0.05) is 18.2 Å². The Bertz CT molecular complexity index is 768. The fourth-order valence-corrected chi connectivity index (χ4v) is 2.18. The molecule has 0 aliphatic rings. The summed E-state index contributed by atoms with van der Waals surface area (Å²) < 4.78 is 0. The van der Waals surface area contributed by atoms with Gasteiger partial charge in [0.1, 0.15) is 11.9 Å². The van der Waals surface area contributed by atoms with E-state index in [1.165, 1.54) is 0 Å². The van der Waals surface area contributed by atoms with Crippen LogP contribution in [-0.4, -0.2) is 15.2 Å². The minimum Gasteiger partial charge on any atom is -0.383 e. The van der Waals surface area contributed by atoms with Crippen LogP contribution in [0.4, 0.5) is 5.82 Å². The molecule has 3 aromatic rings. The molecule has 5 nitrogen and oxygen atoms in total. The van der Waals surface area contributed by atoms with Crippen molar-refractivity contribution in [2.75, 3.05) is 5.73 Å². The number of hydrogen-bond acceptors (Lipinski definition) is 4. The highest BCUT2D eigenvalue weighted by atomic mass is 15.1. The highest BCUT2D eigenvalue weighted by Gasteiger charge is 2.14. The van der Waals surface area contributed by atoms with Crippen LogP contribution in [0.15, 0.2) is 36.5 Å². The van der Waals surface area contributed by atoms with E-state index >= 15 is 0 Å². The van der Waals surface area contributed by atoms with E-state index in [-0.39, 0.29) is 5.82 Å². The van der Waals surface area contributed by atoms with Crippen LogP contribution in [-0.2, 0) is 6.42 Å². The molecule has 0 saturated carbocycles. The van der Waals surface area contributed by atoms with E-state index in [0.717, 1.165) is 22.2 Å². The lowest BCUT2D eigenvalue weighted by molar-refractivity contribution is 0.997. The van der Waals surface area contributed by atoms with Crippen molar-refractivity contribution < 1.29 is 0 Å². The number of hydrogen-bond donors (Lipinski definition) is 2. The summed E-state index contributed by atoms with van der Waals surface area (Å²) in [4.78, 5) is 4.26. The maximum atomic E-state index is 9.29. The molecular weight excluding hydrogens is 238 g/mol. The highest BCUT2D eigenvalue weighted by Crippen LogP contribution is 2.26. The summed E-state index contributed by atoms with van der Waals surface area (Å²) in [5, 5.41) is 17.1. The van der Waals surface area contributed by atoms with E-state index in [1.54, 1.807) is 6.20 Å².